The molecule has 0 saturated carbocycles. The third-order valence-corrected chi connectivity index (χ3v) is 8.90. The van der Waals surface area contributed by atoms with Crippen LogP contribution in [0.3, 0.4) is 0 Å². The fourth-order valence-corrected chi connectivity index (χ4v) is 6.55. The highest BCUT2D eigenvalue weighted by Crippen LogP contribution is 2.36. The lowest BCUT2D eigenvalue weighted by atomic mass is 9.98. The van der Waals surface area contributed by atoms with Crippen LogP contribution in [0.5, 0.6) is 5.75 Å². The standard InChI is InChI=1S/C31H28FN5O2S/c1-19(37-30(38)27(32)14-26-25-12-21(15-33)6-7-28(25)40-31(26)37)22-4-3-5-23(13-22)29-34-16-24(17-35-29)39-18-20-8-10-36(2)11-9-20/h3-7,12-14,16-17,19-20H,8-11,18H2,1-2H3/t19-/m0/s1. The number of pyridine rings is 1. The Kier molecular flexibility index (Phi) is 7.05. The summed E-state index contributed by atoms with van der Waals surface area (Å²) in [4.78, 5) is 25.1. The van der Waals surface area contributed by atoms with Crippen LogP contribution in [-0.4, -0.2) is 46.2 Å². The van der Waals surface area contributed by atoms with Crippen molar-refractivity contribution in [2.75, 3.05) is 26.7 Å². The summed E-state index contributed by atoms with van der Waals surface area (Å²) in [6.45, 7) is 4.73. The van der Waals surface area contributed by atoms with Gasteiger partial charge in [-0.3, -0.25) is 9.36 Å². The van der Waals surface area contributed by atoms with Crippen molar-refractivity contribution in [2.45, 2.75) is 25.8 Å². The number of aromatic nitrogens is 3. The van der Waals surface area contributed by atoms with Crippen LogP contribution in [0.1, 0.15) is 36.9 Å². The molecular weight excluding hydrogens is 525 g/mol. The Hall–Kier alpha value is -4.13. The molecule has 6 rings (SSSR count). The third kappa shape index (κ3) is 4.96. The van der Waals surface area contributed by atoms with Gasteiger partial charge in [-0.1, -0.05) is 18.2 Å². The van der Waals surface area contributed by atoms with Gasteiger partial charge in [-0.05, 0) is 81.7 Å². The Balaban J connectivity index is 1.28. The SMILES string of the molecule is C[C@@H](c1cccc(-c2ncc(OCC3CCN(C)CC3)cn2)c1)n1c(=O)c(F)cc2c3cc(C#N)ccc3sc21. The molecule has 1 fully saturated rings. The highest BCUT2D eigenvalue weighted by atomic mass is 32.1. The van der Waals surface area contributed by atoms with Gasteiger partial charge in [0.25, 0.3) is 5.56 Å². The smallest absolute Gasteiger partial charge is 0.288 e. The summed E-state index contributed by atoms with van der Waals surface area (Å²) in [5, 5.41) is 10.7. The number of thiophene rings is 1. The van der Waals surface area contributed by atoms with E-state index >= 15 is 0 Å². The predicted octanol–water partition coefficient (Wildman–Crippen LogP) is 6.01. The van der Waals surface area contributed by atoms with Crippen LogP contribution >= 0.6 is 11.3 Å². The number of likely N-dealkylation sites (tertiary alicyclic amines) is 1. The van der Waals surface area contributed by atoms with E-state index in [1.807, 2.05) is 37.3 Å². The molecule has 1 saturated heterocycles. The van der Waals surface area contributed by atoms with Crippen LogP contribution in [0, 0.1) is 23.1 Å². The number of ether oxygens (including phenoxy) is 1. The van der Waals surface area contributed by atoms with Gasteiger partial charge >= 0.3 is 0 Å². The first-order valence-electron chi connectivity index (χ1n) is 13.3. The molecule has 3 aromatic heterocycles. The minimum absolute atomic E-state index is 0.453. The van der Waals surface area contributed by atoms with Crippen LogP contribution in [0.4, 0.5) is 4.39 Å². The number of piperidine rings is 1. The first-order chi connectivity index (χ1) is 19.4. The third-order valence-electron chi connectivity index (χ3n) is 7.72. The van der Waals surface area contributed by atoms with Crippen LogP contribution in [0.25, 0.3) is 31.7 Å². The zero-order chi connectivity index (χ0) is 27.8. The average Bonchev–Trinajstić information content (AvgIpc) is 3.34. The second-order valence-corrected chi connectivity index (χ2v) is 11.4. The maximum Gasteiger partial charge on any atom is 0.288 e. The van der Waals surface area contributed by atoms with Gasteiger partial charge in [-0.2, -0.15) is 5.26 Å². The largest absolute Gasteiger partial charge is 0.490 e. The highest BCUT2D eigenvalue weighted by Gasteiger charge is 2.21. The Morgan fingerprint density at radius 2 is 1.90 bits per heavy atom. The summed E-state index contributed by atoms with van der Waals surface area (Å²) in [5.41, 5.74) is 1.43. The lowest BCUT2D eigenvalue weighted by Crippen LogP contribution is -2.32. The molecule has 0 spiro atoms. The Morgan fingerprint density at radius 1 is 1.12 bits per heavy atom. The van der Waals surface area contributed by atoms with E-state index in [0.29, 0.717) is 39.9 Å². The highest BCUT2D eigenvalue weighted by molar-refractivity contribution is 7.25. The van der Waals surface area contributed by atoms with Crippen LogP contribution in [-0.2, 0) is 0 Å². The summed E-state index contributed by atoms with van der Waals surface area (Å²) in [6, 6.07) is 15.9. The molecule has 7 nitrogen and oxygen atoms in total. The van der Waals surface area contributed by atoms with Crippen molar-refractivity contribution in [3.63, 3.8) is 0 Å². The molecule has 0 bridgehead atoms. The minimum Gasteiger partial charge on any atom is -0.490 e. The number of halogens is 1. The molecular formula is C31H28FN5O2S. The molecule has 0 amide bonds. The quantitative estimate of drug-likeness (QED) is 0.256. The normalized spacial score (nSPS) is 15.3. The number of nitrogens with zero attached hydrogens (tertiary/aromatic N) is 5. The maximum atomic E-state index is 14.9. The second-order valence-electron chi connectivity index (χ2n) is 10.4. The van der Waals surface area contributed by atoms with Crippen molar-refractivity contribution in [1.82, 2.24) is 19.4 Å². The molecule has 9 heteroatoms. The maximum absolute atomic E-state index is 14.9. The van der Waals surface area contributed by atoms with Crippen LogP contribution < -0.4 is 10.3 Å². The molecule has 5 aromatic rings. The van der Waals surface area contributed by atoms with Gasteiger partial charge in [-0.25, -0.2) is 14.4 Å². The van der Waals surface area contributed by atoms with E-state index in [1.54, 1.807) is 24.5 Å². The summed E-state index contributed by atoms with van der Waals surface area (Å²) < 4.78 is 23.3. The molecule has 40 heavy (non-hydrogen) atoms. The van der Waals surface area contributed by atoms with E-state index in [0.717, 1.165) is 47.1 Å². The van der Waals surface area contributed by atoms with Crippen molar-refractivity contribution >= 4 is 31.6 Å². The number of nitriles is 1. The molecule has 0 aliphatic carbocycles. The van der Waals surface area contributed by atoms with Gasteiger partial charge in [0.05, 0.1) is 36.7 Å². The minimum atomic E-state index is -0.822. The number of benzene rings is 2. The number of hydrogen-bond acceptors (Lipinski definition) is 7. The number of rotatable bonds is 6. The van der Waals surface area contributed by atoms with Gasteiger partial charge < -0.3 is 9.64 Å². The predicted molar refractivity (Wildman–Crippen MR) is 155 cm³/mol. The van der Waals surface area contributed by atoms with Crippen molar-refractivity contribution in [3.05, 3.63) is 88.2 Å². The van der Waals surface area contributed by atoms with Crippen molar-refractivity contribution in [2.24, 2.45) is 5.92 Å². The Morgan fingerprint density at radius 3 is 2.65 bits per heavy atom. The zero-order valence-electron chi connectivity index (χ0n) is 22.3. The van der Waals surface area contributed by atoms with E-state index < -0.39 is 17.4 Å². The first kappa shape index (κ1) is 26.1. The van der Waals surface area contributed by atoms with E-state index in [9.17, 15) is 14.4 Å². The molecule has 2 aromatic carbocycles. The lowest BCUT2D eigenvalue weighted by Gasteiger charge is -2.28. The number of fused-ring (bicyclic) bond motifs is 3. The van der Waals surface area contributed by atoms with Crippen LogP contribution in [0.15, 0.2) is 65.7 Å². The molecule has 1 aliphatic heterocycles. The monoisotopic (exact) mass is 553 g/mol. The van der Waals surface area contributed by atoms with Gasteiger partial charge in [0.2, 0.25) is 0 Å². The molecule has 0 radical (unpaired) electrons. The molecule has 1 aliphatic rings. The summed E-state index contributed by atoms with van der Waals surface area (Å²) >= 11 is 1.42. The van der Waals surface area contributed by atoms with E-state index in [1.165, 1.54) is 22.0 Å². The second kappa shape index (κ2) is 10.8. The fraction of sp³-hybridized carbons (Fsp3) is 0.290. The van der Waals surface area contributed by atoms with Gasteiger partial charge in [0.1, 0.15) is 4.83 Å². The summed E-state index contributed by atoms with van der Waals surface area (Å²) in [7, 11) is 2.15. The van der Waals surface area contributed by atoms with Crippen LogP contribution in [0.2, 0.25) is 0 Å². The fourth-order valence-electron chi connectivity index (χ4n) is 5.31. The Labute approximate surface area is 235 Å². The van der Waals surface area contributed by atoms with E-state index in [-0.39, 0.29) is 0 Å². The van der Waals surface area contributed by atoms with Crippen molar-refractivity contribution in [3.8, 4) is 23.2 Å². The molecule has 1 atom stereocenters. The Bertz CT molecular complexity index is 1800. The lowest BCUT2D eigenvalue weighted by molar-refractivity contribution is 0.159. The topological polar surface area (TPSA) is 84.0 Å². The zero-order valence-corrected chi connectivity index (χ0v) is 23.1. The summed E-state index contributed by atoms with van der Waals surface area (Å²) in [6.07, 6.45) is 5.65. The van der Waals surface area contributed by atoms with Gasteiger partial charge in [0.15, 0.2) is 17.4 Å². The van der Waals surface area contributed by atoms with Gasteiger partial charge in [0, 0.05) is 21.0 Å². The van der Waals surface area contributed by atoms with E-state index in [4.69, 9.17) is 4.74 Å². The molecule has 0 unspecified atom stereocenters. The summed E-state index contributed by atoms with van der Waals surface area (Å²) in [5.74, 6) is 0.909. The molecule has 202 valence electrons. The first-order valence-corrected chi connectivity index (χ1v) is 14.1. The number of hydrogen-bond donors (Lipinski definition) is 0. The van der Waals surface area contributed by atoms with E-state index in [2.05, 4.69) is 28.0 Å². The average molecular weight is 554 g/mol. The van der Waals surface area contributed by atoms with Crippen molar-refractivity contribution in [1.29, 1.82) is 5.26 Å². The molecule has 4 heterocycles. The molecule has 0 N–H and O–H groups in total. The van der Waals surface area contributed by atoms with Crippen molar-refractivity contribution < 1.29 is 9.13 Å². The van der Waals surface area contributed by atoms with Gasteiger partial charge in [-0.15, -0.1) is 11.3 Å².